The lowest BCUT2D eigenvalue weighted by Crippen LogP contribution is -2.53. The predicted octanol–water partition coefficient (Wildman–Crippen LogP) is 1.36. The SMILES string of the molecule is COC1=C(OC2CN(c3ncc(Cl)cn3)C2)CC(C)([C@@H]2CN(C(=O)[C@@H](O)CO)C[C@@]2(C)[C@@H](C)O)C=C1. The van der Waals surface area contributed by atoms with Crippen LogP contribution < -0.4 is 4.90 Å². The Morgan fingerprint density at radius 1 is 1.25 bits per heavy atom. The van der Waals surface area contributed by atoms with E-state index in [1.807, 2.05) is 17.9 Å². The van der Waals surface area contributed by atoms with Crippen LogP contribution in [0.25, 0.3) is 0 Å². The summed E-state index contributed by atoms with van der Waals surface area (Å²) in [5, 5.41) is 30.4. The standard InChI is InChI=1S/C25H35ClN4O6/c1-15(32)25(3)14-30(22(34)18(33)13-31)12-21(25)24(2)6-5-19(35-4)20(7-24)36-17-10-29(11-17)23-27-8-16(26)9-28-23/h5-6,8-9,15,17-18,21,31-33H,7,10-14H2,1-4H3/t15-,18+,21+,24?,25+/m1/s1. The number of nitrogens with zero attached hydrogens (tertiary/aromatic N) is 4. The summed E-state index contributed by atoms with van der Waals surface area (Å²) in [6.07, 6.45) is 5.38. The van der Waals surface area contributed by atoms with Crippen LogP contribution in [0, 0.1) is 16.7 Å². The van der Waals surface area contributed by atoms with E-state index in [9.17, 15) is 20.1 Å². The first-order chi connectivity index (χ1) is 17.0. The molecule has 0 saturated carbocycles. The topological polar surface area (TPSA) is 128 Å². The Morgan fingerprint density at radius 2 is 1.92 bits per heavy atom. The van der Waals surface area contributed by atoms with Gasteiger partial charge < -0.3 is 34.6 Å². The van der Waals surface area contributed by atoms with Crippen molar-refractivity contribution in [2.75, 3.05) is 44.8 Å². The van der Waals surface area contributed by atoms with E-state index in [0.717, 1.165) is 5.76 Å². The van der Waals surface area contributed by atoms with E-state index >= 15 is 0 Å². The number of carbonyl (C=O) groups is 1. The molecular formula is C25H35ClN4O6. The van der Waals surface area contributed by atoms with Gasteiger partial charge in [-0.05, 0) is 24.3 Å². The van der Waals surface area contributed by atoms with Crippen molar-refractivity contribution < 1.29 is 29.6 Å². The zero-order chi connectivity index (χ0) is 26.3. The van der Waals surface area contributed by atoms with Gasteiger partial charge in [0.05, 0.1) is 50.3 Å². The number of carbonyl (C=O) groups excluding carboxylic acids is 1. The minimum Gasteiger partial charge on any atom is -0.493 e. The van der Waals surface area contributed by atoms with E-state index in [4.69, 9.17) is 21.1 Å². The van der Waals surface area contributed by atoms with Crippen LogP contribution in [-0.4, -0.2) is 94.3 Å². The quantitative estimate of drug-likeness (QED) is 0.463. The average Bonchev–Trinajstić information content (AvgIpc) is 3.21. The summed E-state index contributed by atoms with van der Waals surface area (Å²) in [5.41, 5.74) is -1.08. The van der Waals surface area contributed by atoms with Crippen LogP contribution in [0.2, 0.25) is 5.02 Å². The van der Waals surface area contributed by atoms with Gasteiger partial charge in [-0.1, -0.05) is 31.5 Å². The number of ether oxygens (including phenoxy) is 2. The molecule has 3 aliphatic rings. The maximum atomic E-state index is 12.7. The molecule has 0 radical (unpaired) electrons. The molecule has 5 atom stereocenters. The predicted molar refractivity (Wildman–Crippen MR) is 133 cm³/mol. The first-order valence-electron chi connectivity index (χ1n) is 12.1. The Kier molecular flexibility index (Phi) is 7.52. The van der Waals surface area contributed by atoms with Crippen LogP contribution in [0.3, 0.4) is 0 Å². The smallest absolute Gasteiger partial charge is 0.253 e. The number of aliphatic hydroxyl groups excluding tert-OH is 3. The normalized spacial score (nSPS) is 30.3. The molecule has 36 heavy (non-hydrogen) atoms. The van der Waals surface area contributed by atoms with E-state index in [2.05, 4.69) is 23.0 Å². The number of amides is 1. The van der Waals surface area contributed by atoms with Crippen LogP contribution in [0.5, 0.6) is 0 Å². The number of anilines is 1. The molecule has 3 N–H and O–H groups in total. The Bertz CT molecular complexity index is 1030. The van der Waals surface area contributed by atoms with Gasteiger partial charge in [-0.25, -0.2) is 9.97 Å². The summed E-state index contributed by atoms with van der Waals surface area (Å²) in [6, 6.07) is 0. The lowest BCUT2D eigenvalue weighted by atomic mass is 9.60. The monoisotopic (exact) mass is 522 g/mol. The van der Waals surface area contributed by atoms with Gasteiger partial charge in [0.2, 0.25) is 5.95 Å². The van der Waals surface area contributed by atoms with Gasteiger partial charge >= 0.3 is 0 Å². The molecule has 198 valence electrons. The third-order valence-electron chi connectivity index (χ3n) is 7.95. The summed E-state index contributed by atoms with van der Waals surface area (Å²) in [7, 11) is 1.60. The molecule has 2 saturated heterocycles. The van der Waals surface area contributed by atoms with Crippen LogP contribution >= 0.6 is 11.6 Å². The highest BCUT2D eigenvalue weighted by Crippen LogP contribution is 2.53. The number of methoxy groups -OCH3 is 1. The molecule has 1 amide bonds. The van der Waals surface area contributed by atoms with Crippen molar-refractivity contribution in [2.45, 2.75) is 45.5 Å². The summed E-state index contributed by atoms with van der Waals surface area (Å²) in [6.45, 7) is 7.03. The highest BCUT2D eigenvalue weighted by molar-refractivity contribution is 6.30. The molecule has 10 nitrogen and oxygen atoms in total. The molecule has 0 aromatic carbocycles. The third-order valence-corrected chi connectivity index (χ3v) is 8.14. The molecule has 4 rings (SSSR count). The van der Waals surface area contributed by atoms with E-state index in [1.54, 1.807) is 31.3 Å². The fourth-order valence-corrected chi connectivity index (χ4v) is 5.67. The Hall–Kier alpha value is -2.40. The fraction of sp³-hybridized carbons (Fsp3) is 0.640. The number of aliphatic hydroxyl groups is 3. The molecule has 2 aliphatic heterocycles. The number of allylic oxidation sites excluding steroid dienone is 3. The van der Waals surface area contributed by atoms with Gasteiger partial charge in [-0.3, -0.25) is 4.79 Å². The number of rotatable bonds is 8. The van der Waals surface area contributed by atoms with Gasteiger partial charge in [-0.2, -0.15) is 0 Å². The summed E-state index contributed by atoms with van der Waals surface area (Å²) < 4.78 is 12.0. The number of aromatic nitrogens is 2. The number of halogens is 1. The van der Waals surface area contributed by atoms with Crippen LogP contribution in [0.1, 0.15) is 27.2 Å². The van der Waals surface area contributed by atoms with Gasteiger partial charge in [0.25, 0.3) is 5.91 Å². The minimum absolute atomic E-state index is 0.0651. The van der Waals surface area contributed by atoms with Crippen LogP contribution in [0.4, 0.5) is 5.95 Å². The second-order valence-electron chi connectivity index (χ2n) is 10.5. The van der Waals surface area contributed by atoms with Crippen LogP contribution in [-0.2, 0) is 14.3 Å². The summed E-state index contributed by atoms with van der Waals surface area (Å²) in [4.78, 5) is 24.7. The van der Waals surface area contributed by atoms with Crippen molar-refractivity contribution in [3.05, 3.63) is 41.1 Å². The number of hydrogen-bond acceptors (Lipinski definition) is 9. The lowest BCUT2D eigenvalue weighted by molar-refractivity contribution is -0.141. The van der Waals surface area contributed by atoms with Crippen molar-refractivity contribution in [2.24, 2.45) is 16.7 Å². The summed E-state index contributed by atoms with van der Waals surface area (Å²) in [5.74, 6) is 1.31. The molecule has 2 fully saturated rings. The largest absolute Gasteiger partial charge is 0.493 e. The van der Waals surface area contributed by atoms with Gasteiger partial charge in [0.15, 0.2) is 11.9 Å². The molecule has 1 aromatic rings. The molecule has 11 heteroatoms. The zero-order valence-corrected chi connectivity index (χ0v) is 21.9. The van der Waals surface area contributed by atoms with Crippen molar-refractivity contribution in [1.29, 1.82) is 0 Å². The lowest BCUT2D eigenvalue weighted by Gasteiger charge is -2.46. The average molecular weight is 523 g/mol. The van der Waals surface area contributed by atoms with Gasteiger partial charge in [0.1, 0.15) is 11.9 Å². The van der Waals surface area contributed by atoms with Crippen molar-refractivity contribution >= 4 is 23.5 Å². The summed E-state index contributed by atoms with van der Waals surface area (Å²) >= 11 is 5.88. The molecule has 1 aromatic heterocycles. The Labute approximate surface area is 216 Å². The van der Waals surface area contributed by atoms with Crippen molar-refractivity contribution in [1.82, 2.24) is 14.9 Å². The van der Waals surface area contributed by atoms with Gasteiger partial charge in [-0.15, -0.1) is 0 Å². The minimum atomic E-state index is -1.47. The molecule has 1 unspecified atom stereocenters. The Balaban J connectivity index is 1.49. The molecular weight excluding hydrogens is 488 g/mol. The van der Waals surface area contributed by atoms with E-state index < -0.39 is 35.6 Å². The second-order valence-corrected chi connectivity index (χ2v) is 10.9. The van der Waals surface area contributed by atoms with Crippen LogP contribution in [0.15, 0.2) is 36.1 Å². The van der Waals surface area contributed by atoms with Crippen molar-refractivity contribution in [3.63, 3.8) is 0 Å². The van der Waals surface area contributed by atoms with E-state index in [1.165, 1.54) is 0 Å². The maximum Gasteiger partial charge on any atom is 0.253 e. The highest BCUT2D eigenvalue weighted by atomic mass is 35.5. The van der Waals surface area contributed by atoms with E-state index in [-0.39, 0.29) is 18.6 Å². The first-order valence-corrected chi connectivity index (χ1v) is 12.5. The number of hydrogen-bond donors (Lipinski definition) is 3. The second kappa shape index (κ2) is 10.2. The fourth-order valence-electron chi connectivity index (χ4n) is 5.57. The van der Waals surface area contributed by atoms with E-state index in [0.29, 0.717) is 42.8 Å². The van der Waals surface area contributed by atoms with Crippen molar-refractivity contribution in [3.8, 4) is 0 Å². The molecule has 0 bridgehead atoms. The highest BCUT2D eigenvalue weighted by Gasteiger charge is 2.55. The molecule has 1 aliphatic carbocycles. The Morgan fingerprint density at radius 3 is 2.50 bits per heavy atom. The first kappa shape index (κ1) is 26.7. The molecule has 0 spiro atoms. The zero-order valence-electron chi connectivity index (χ0n) is 21.1. The van der Waals surface area contributed by atoms with Gasteiger partial charge in [0, 0.05) is 24.9 Å². The number of likely N-dealkylation sites (tertiary alicyclic amines) is 1. The third kappa shape index (κ3) is 4.91. The molecule has 3 heterocycles. The maximum absolute atomic E-state index is 12.7.